The minimum absolute atomic E-state index is 0.173. The third-order valence-corrected chi connectivity index (χ3v) is 8.18. The van der Waals surface area contributed by atoms with E-state index < -0.39 is 5.82 Å². The Morgan fingerprint density at radius 1 is 1.03 bits per heavy atom. The van der Waals surface area contributed by atoms with E-state index >= 15 is 0 Å². The number of aromatic nitrogens is 4. The second kappa shape index (κ2) is 8.48. The van der Waals surface area contributed by atoms with Crippen molar-refractivity contribution in [2.75, 3.05) is 0 Å². The van der Waals surface area contributed by atoms with Crippen molar-refractivity contribution >= 4 is 39.0 Å². The summed E-state index contributed by atoms with van der Waals surface area (Å²) in [6, 6.07) is 13.1. The van der Waals surface area contributed by atoms with Gasteiger partial charge < -0.3 is 0 Å². The van der Waals surface area contributed by atoms with E-state index in [9.17, 15) is 14.0 Å². The summed E-state index contributed by atoms with van der Waals surface area (Å²) in [5.74, 6) is -0.170. The van der Waals surface area contributed by atoms with Gasteiger partial charge in [-0.25, -0.2) is 14.4 Å². The molecule has 1 aromatic carbocycles. The second-order valence-electron chi connectivity index (χ2n) is 8.18. The summed E-state index contributed by atoms with van der Waals surface area (Å²) in [4.78, 5) is 37.5. The van der Waals surface area contributed by atoms with Crippen molar-refractivity contribution in [3.8, 4) is 5.69 Å². The van der Waals surface area contributed by atoms with Crippen molar-refractivity contribution in [2.24, 2.45) is 0 Å². The molecular formula is C25H19FN4O2S2. The Morgan fingerprint density at radius 3 is 2.74 bits per heavy atom. The van der Waals surface area contributed by atoms with Crippen LogP contribution in [-0.2, 0) is 18.6 Å². The van der Waals surface area contributed by atoms with Crippen LogP contribution in [0.3, 0.4) is 0 Å². The molecule has 1 aliphatic carbocycles. The molecule has 6 nitrogen and oxygen atoms in total. The smallest absolute Gasteiger partial charge is 0.267 e. The molecule has 34 heavy (non-hydrogen) atoms. The van der Waals surface area contributed by atoms with E-state index in [0.717, 1.165) is 31.2 Å². The highest BCUT2D eigenvalue weighted by molar-refractivity contribution is 7.98. The Hall–Kier alpha value is -3.30. The van der Waals surface area contributed by atoms with Crippen LogP contribution in [0.25, 0.3) is 21.6 Å². The van der Waals surface area contributed by atoms with E-state index in [1.165, 1.54) is 37.7 Å². The highest BCUT2D eigenvalue weighted by Gasteiger charge is 2.24. The number of pyridine rings is 1. The molecule has 9 heteroatoms. The van der Waals surface area contributed by atoms with E-state index in [4.69, 9.17) is 4.98 Å². The van der Waals surface area contributed by atoms with E-state index in [-0.39, 0.29) is 16.8 Å². The number of fused-ring (bicyclic) bond motifs is 4. The molecule has 0 N–H and O–H groups in total. The number of rotatable bonds is 4. The Morgan fingerprint density at radius 2 is 1.85 bits per heavy atom. The quantitative estimate of drug-likeness (QED) is 0.268. The van der Waals surface area contributed by atoms with Crippen molar-refractivity contribution in [1.29, 1.82) is 0 Å². The zero-order valence-corrected chi connectivity index (χ0v) is 19.7. The van der Waals surface area contributed by atoms with Gasteiger partial charge in [-0.05, 0) is 55.5 Å². The van der Waals surface area contributed by atoms with Crippen LogP contribution >= 0.6 is 23.1 Å². The number of para-hydroxylation sites is 1. The first kappa shape index (κ1) is 21.2. The Labute approximate surface area is 201 Å². The fourth-order valence-corrected chi connectivity index (χ4v) is 6.64. The van der Waals surface area contributed by atoms with Gasteiger partial charge in [0.1, 0.15) is 16.3 Å². The van der Waals surface area contributed by atoms with Gasteiger partial charge in [0.2, 0.25) is 0 Å². The van der Waals surface area contributed by atoms with Crippen LogP contribution in [0, 0.1) is 5.82 Å². The Kier molecular flexibility index (Phi) is 5.30. The molecule has 4 heterocycles. The zero-order chi connectivity index (χ0) is 23.2. The van der Waals surface area contributed by atoms with Gasteiger partial charge in [-0.15, -0.1) is 11.3 Å². The first-order valence-electron chi connectivity index (χ1n) is 11.0. The number of nitrogens with zero attached hydrogens (tertiary/aromatic N) is 4. The van der Waals surface area contributed by atoms with Crippen LogP contribution in [0.4, 0.5) is 4.39 Å². The minimum Gasteiger partial charge on any atom is -0.269 e. The van der Waals surface area contributed by atoms with Gasteiger partial charge in [-0.1, -0.05) is 30.0 Å². The van der Waals surface area contributed by atoms with Crippen LogP contribution < -0.4 is 11.1 Å². The molecule has 170 valence electrons. The van der Waals surface area contributed by atoms with Crippen LogP contribution in [0.1, 0.15) is 29.0 Å². The molecule has 0 unspecified atom stereocenters. The van der Waals surface area contributed by atoms with Gasteiger partial charge in [0.15, 0.2) is 5.16 Å². The summed E-state index contributed by atoms with van der Waals surface area (Å²) >= 11 is 2.84. The van der Waals surface area contributed by atoms with Crippen molar-refractivity contribution in [3.63, 3.8) is 0 Å². The molecule has 5 aromatic rings. The predicted molar refractivity (Wildman–Crippen MR) is 133 cm³/mol. The van der Waals surface area contributed by atoms with E-state index in [2.05, 4.69) is 4.98 Å². The lowest BCUT2D eigenvalue weighted by Crippen LogP contribution is -2.23. The molecule has 0 radical (unpaired) electrons. The largest absolute Gasteiger partial charge is 0.269 e. The lowest BCUT2D eigenvalue weighted by Gasteiger charge is -2.14. The maximum atomic E-state index is 14.8. The summed E-state index contributed by atoms with van der Waals surface area (Å²) in [7, 11) is 0. The monoisotopic (exact) mass is 490 g/mol. The van der Waals surface area contributed by atoms with Gasteiger partial charge in [0.05, 0.1) is 16.8 Å². The fraction of sp³-hybridized carbons (Fsp3) is 0.200. The van der Waals surface area contributed by atoms with Crippen molar-refractivity contribution < 1.29 is 4.39 Å². The summed E-state index contributed by atoms with van der Waals surface area (Å²) in [5, 5.41) is 0.991. The van der Waals surface area contributed by atoms with Gasteiger partial charge >= 0.3 is 0 Å². The number of thioether (sulfide) groups is 1. The van der Waals surface area contributed by atoms with Crippen LogP contribution in [0.2, 0.25) is 0 Å². The molecule has 0 fully saturated rings. The molecule has 0 saturated heterocycles. The first-order valence-corrected chi connectivity index (χ1v) is 12.8. The number of benzene rings is 1. The van der Waals surface area contributed by atoms with Crippen molar-refractivity contribution in [1.82, 2.24) is 18.9 Å². The minimum atomic E-state index is -0.487. The van der Waals surface area contributed by atoms with Crippen LogP contribution in [0.5, 0.6) is 0 Å². The van der Waals surface area contributed by atoms with Gasteiger partial charge in [-0.2, -0.15) is 0 Å². The van der Waals surface area contributed by atoms with Gasteiger partial charge in [0.25, 0.3) is 11.1 Å². The SMILES string of the molecule is O=c1c2c3c(sc2nc(SCc2cc(=O)n4ccccc4n2)n1-c1ccccc1F)CCCC3. The highest BCUT2D eigenvalue weighted by Crippen LogP contribution is 2.35. The highest BCUT2D eigenvalue weighted by atomic mass is 32.2. The van der Waals surface area contributed by atoms with E-state index in [0.29, 0.717) is 32.5 Å². The maximum Gasteiger partial charge on any atom is 0.267 e. The molecule has 0 spiro atoms. The molecule has 0 amide bonds. The molecule has 0 bridgehead atoms. The molecule has 0 saturated carbocycles. The number of hydrogen-bond donors (Lipinski definition) is 0. The first-order chi connectivity index (χ1) is 16.6. The standard InChI is InChI=1S/C25H19FN4O2S2/c26-17-8-2-3-9-18(17)30-24(32)22-16-7-1-4-10-19(16)34-23(22)28-25(30)33-14-15-13-21(31)29-12-6-5-11-20(29)27-15/h2-3,5-6,8-9,11-13H,1,4,7,10,14H2. The lowest BCUT2D eigenvalue weighted by molar-refractivity contribution is 0.608. The predicted octanol–water partition coefficient (Wildman–Crippen LogP) is 4.77. The van der Waals surface area contributed by atoms with E-state index in [1.807, 2.05) is 6.07 Å². The normalized spacial score (nSPS) is 13.4. The average molecular weight is 491 g/mol. The van der Waals surface area contributed by atoms with Crippen LogP contribution in [-0.4, -0.2) is 18.9 Å². The maximum absolute atomic E-state index is 14.8. The number of thiophene rings is 1. The fourth-order valence-electron chi connectivity index (χ4n) is 4.44. The molecule has 6 rings (SSSR count). The van der Waals surface area contributed by atoms with E-state index in [1.54, 1.807) is 47.9 Å². The molecule has 0 atom stereocenters. The third kappa shape index (κ3) is 3.56. The van der Waals surface area contributed by atoms with Crippen molar-refractivity contribution in [2.45, 2.75) is 36.6 Å². The van der Waals surface area contributed by atoms with Crippen molar-refractivity contribution in [3.05, 3.63) is 97.4 Å². The molecule has 4 aromatic heterocycles. The second-order valence-corrected chi connectivity index (χ2v) is 10.2. The van der Waals surface area contributed by atoms with Gasteiger partial charge in [0, 0.05) is 22.9 Å². The summed E-state index contributed by atoms with van der Waals surface area (Å²) in [5.41, 5.74) is 1.93. The summed E-state index contributed by atoms with van der Waals surface area (Å²) < 4.78 is 17.7. The molecular weight excluding hydrogens is 471 g/mol. The molecule has 0 aliphatic heterocycles. The third-order valence-electron chi connectivity index (χ3n) is 6.02. The summed E-state index contributed by atoms with van der Waals surface area (Å²) in [6.45, 7) is 0. The average Bonchev–Trinajstić information content (AvgIpc) is 3.22. The van der Waals surface area contributed by atoms with Gasteiger partial charge in [-0.3, -0.25) is 18.6 Å². The Balaban J connectivity index is 1.50. The number of hydrogen-bond acceptors (Lipinski definition) is 6. The zero-order valence-electron chi connectivity index (χ0n) is 18.0. The number of halogens is 1. The summed E-state index contributed by atoms with van der Waals surface area (Å²) in [6.07, 6.45) is 5.61. The van der Waals surface area contributed by atoms with Crippen LogP contribution in [0.15, 0.2) is 69.5 Å². The Bertz CT molecular complexity index is 1690. The lowest BCUT2D eigenvalue weighted by atomic mass is 9.97. The topological polar surface area (TPSA) is 69.3 Å². The molecule has 1 aliphatic rings. The number of aryl methyl sites for hydroxylation is 2.